The van der Waals surface area contributed by atoms with Crippen LogP contribution in [0.1, 0.15) is 38.3 Å². The van der Waals surface area contributed by atoms with E-state index in [1.165, 1.54) is 0 Å². The summed E-state index contributed by atoms with van der Waals surface area (Å²) in [4.78, 5) is 23.8. The fourth-order valence-corrected chi connectivity index (χ4v) is 2.30. The van der Waals surface area contributed by atoms with Crippen molar-refractivity contribution in [2.24, 2.45) is 0 Å². The van der Waals surface area contributed by atoms with Crippen molar-refractivity contribution in [2.75, 3.05) is 11.9 Å². The molecule has 6 heteroatoms. The Morgan fingerprint density at radius 2 is 1.92 bits per heavy atom. The lowest BCUT2D eigenvalue weighted by atomic mass is 10.1. The first-order valence-electron chi connectivity index (χ1n) is 8.24. The van der Waals surface area contributed by atoms with Crippen LogP contribution in [-0.2, 0) is 16.0 Å². The molecule has 24 heavy (non-hydrogen) atoms. The number of nitrogens with one attached hydrogen (secondary N) is 2. The maximum absolute atomic E-state index is 12.0. The zero-order chi connectivity index (χ0) is 17.4. The smallest absolute Gasteiger partial charge is 0.227 e. The molecule has 0 saturated carbocycles. The molecule has 0 spiro atoms. The molecule has 6 nitrogen and oxygen atoms in total. The predicted molar refractivity (Wildman–Crippen MR) is 93.6 cm³/mol. The highest BCUT2D eigenvalue weighted by Crippen LogP contribution is 2.16. The third-order valence-corrected chi connectivity index (χ3v) is 3.83. The van der Waals surface area contributed by atoms with Gasteiger partial charge in [0.25, 0.3) is 0 Å². The van der Waals surface area contributed by atoms with Gasteiger partial charge in [-0.2, -0.15) is 5.10 Å². The van der Waals surface area contributed by atoms with Crippen LogP contribution in [0.25, 0.3) is 0 Å². The molecular formula is C18H24N4O2. The number of rotatable bonds is 8. The van der Waals surface area contributed by atoms with Crippen LogP contribution >= 0.6 is 0 Å². The quantitative estimate of drug-likeness (QED) is 0.782. The normalized spacial score (nSPS) is 11.8. The molecule has 2 aromatic rings. The summed E-state index contributed by atoms with van der Waals surface area (Å²) in [5, 5.41) is 9.83. The Kier molecular flexibility index (Phi) is 6.54. The van der Waals surface area contributed by atoms with Crippen molar-refractivity contribution in [2.45, 2.75) is 39.2 Å². The van der Waals surface area contributed by atoms with Crippen LogP contribution in [0.15, 0.2) is 42.6 Å². The van der Waals surface area contributed by atoms with Gasteiger partial charge in [-0.1, -0.05) is 37.3 Å². The molecule has 1 atom stereocenters. The lowest BCUT2D eigenvalue weighted by Crippen LogP contribution is -2.29. The number of amides is 2. The van der Waals surface area contributed by atoms with Crippen LogP contribution in [0.4, 0.5) is 5.82 Å². The van der Waals surface area contributed by atoms with Crippen LogP contribution < -0.4 is 10.6 Å². The predicted octanol–water partition coefficient (Wildman–Crippen LogP) is 2.54. The first-order chi connectivity index (χ1) is 11.6. The molecule has 2 N–H and O–H groups in total. The van der Waals surface area contributed by atoms with Crippen molar-refractivity contribution >= 4 is 17.6 Å². The Hall–Kier alpha value is -2.63. The Balaban J connectivity index is 1.74. The number of benzene rings is 1. The first-order valence-corrected chi connectivity index (χ1v) is 8.24. The Bertz CT molecular complexity index is 667. The molecule has 0 bridgehead atoms. The number of nitrogens with zero attached hydrogens (tertiary/aromatic N) is 2. The SMILES string of the molecule is CCC(C)n1nccc1NC(=O)CCNC(=O)Cc1ccccc1. The molecule has 0 fully saturated rings. The largest absolute Gasteiger partial charge is 0.355 e. The molecule has 1 unspecified atom stereocenters. The summed E-state index contributed by atoms with van der Waals surface area (Å²) in [5.41, 5.74) is 0.955. The highest BCUT2D eigenvalue weighted by molar-refractivity contribution is 5.90. The second-order valence-electron chi connectivity index (χ2n) is 5.73. The summed E-state index contributed by atoms with van der Waals surface area (Å²) in [5.74, 6) is 0.462. The van der Waals surface area contributed by atoms with E-state index in [0.717, 1.165) is 12.0 Å². The second-order valence-corrected chi connectivity index (χ2v) is 5.73. The van der Waals surface area contributed by atoms with E-state index in [0.29, 0.717) is 18.8 Å². The van der Waals surface area contributed by atoms with Crippen molar-refractivity contribution in [3.05, 3.63) is 48.2 Å². The minimum Gasteiger partial charge on any atom is -0.355 e. The number of hydrogen-bond donors (Lipinski definition) is 2. The van der Waals surface area contributed by atoms with Crippen LogP contribution in [0.5, 0.6) is 0 Å². The van der Waals surface area contributed by atoms with Gasteiger partial charge >= 0.3 is 0 Å². The Morgan fingerprint density at radius 3 is 2.62 bits per heavy atom. The van der Waals surface area contributed by atoms with Gasteiger partial charge in [0, 0.05) is 19.0 Å². The van der Waals surface area contributed by atoms with Crippen LogP contribution in [0.3, 0.4) is 0 Å². The molecule has 0 aliphatic rings. The molecule has 1 aromatic heterocycles. The van der Waals surface area contributed by atoms with Gasteiger partial charge in [-0.25, -0.2) is 4.68 Å². The van der Waals surface area contributed by atoms with E-state index in [4.69, 9.17) is 0 Å². The van der Waals surface area contributed by atoms with Gasteiger partial charge in [-0.3, -0.25) is 9.59 Å². The van der Waals surface area contributed by atoms with Crippen LogP contribution in [0.2, 0.25) is 0 Å². The van der Waals surface area contributed by atoms with E-state index in [-0.39, 0.29) is 24.3 Å². The van der Waals surface area contributed by atoms with Gasteiger partial charge in [0.2, 0.25) is 11.8 Å². The number of anilines is 1. The molecule has 2 rings (SSSR count). The average molecular weight is 328 g/mol. The molecule has 0 radical (unpaired) electrons. The highest BCUT2D eigenvalue weighted by Gasteiger charge is 2.11. The zero-order valence-corrected chi connectivity index (χ0v) is 14.2. The van der Waals surface area contributed by atoms with E-state index >= 15 is 0 Å². The molecular weight excluding hydrogens is 304 g/mol. The number of hydrogen-bond acceptors (Lipinski definition) is 3. The van der Waals surface area contributed by atoms with Gasteiger partial charge < -0.3 is 10.6 Å². The molecule has 2 amide bonds. The van der Waals surface area contributed by atoms with Gasteiger partial charge in [-0.15, -0.1) is 0 Å². The third kappa shape index (κ3) is 5.22. The van der Waals surface area contributed by atoms with Gasteiger partial charge in [0.05, 0.1) is 18.7 Å². The van der Waals surface area contributed by atoms with E-state index in [2.05, 4.69) is 22.7 Å². The zero-order valence-electron chi connectivity index (χ0n) is 14.2. The van der Waals surface area contributed by atoms with E-state index in [1.54, 1.807) is 16.9 Å². The fraction of sp³-hybridized carbons (Fsp3) is 0.389. The van der Waals surface area contributed by atoms with Crippen LogP contribution in [-0.4, -0.2) is 28.1 Å². The maximum Gasteiger partial charge on any atom is 0.227 e. The summed E-state index contributed by atoms with van der Waals surface area (Å²) in [7, 11) is 0. The third-order valence-electron chi connectivity index (χ3n) is 3.83. The standard InChI is InChI=1S/C18H24N4O2/c1-3-14(2)22-16(9-12-20-22)21-17(23)10-11-19-18(24)13-15-7-5-4-6-8-15/h4-9,12,14H,3,10-11,13H2,1-2H3,(H,19,24)(H,21,23). The monoisotopic (exact) mass is 328 g/mol. The molecule has 0 saturated heterocycles. The number of carbonyl (C=O) groups is 2. The van der Waals surface area contributed by atoms with Crippen molar-refractivity contribution in [3.63, 3.8) is 0 Å². The molecule has 1 aromatic carbocycles. The molecule has 1 heterocycles. The van der Waals surface area contributed by atoms with Crippen molar-refractivity contribution < 1.29 is 9.59 Å². The molecule has 0 aliphatic heterocycles. The summed E-state index contributed by atoms with van der Waals surface area (Å²) >= 11 is 0. The number of carbonyl (C=O) groups excluding carboxylic acids is 2. The molecule has 0 aliphatic carbocycles. The Labute approximate surface area is 142 Å². The minimum atomic E-state index is -0.139. The summed E-state index contributed by atoms with van der Waals surface area (Å²) in [6.45, 7) is 4.43. The summed E-state index contributed by atoms with van der Waals surface area (Å²) < 4.78 is 1.80. The lowest BCUT2D eigenvalue weighted by Gasteiger charge is -2.14. The van der Waals surface area contributed by atoms with Crippen molar-refractivity contribution in [1.82, 2.24) is 15.1 Å². The number of aromatic nitrogens is 2. The summed E-state index contributed by atoms with van der Waals surface area (Å²) in [6, 6.07) is 11.5. The maximum atomic E-state index is 12.0. The van der Waals surface area contributed by atoms with Gasteiger partial charge in [0.15, 0.2) is 0 Å². The van der Waals surface area contributed by atoms with E-state index in [1.807, 2.05) is 37.3 Å². The summed E-state index contributed by atoms with van der Waals surface area (Å²) in [6.07, 6.45) is 3.15. The fourth-order valence-electron chi connectivity index (χ4n) is 2.30. The van der Waals surface area contributed by atoms with Crippen LogP contribution in [0, 0.1) is 0 Å². The van der Waals surface area contributed by atoms with E-state index in [9.17, 15) is 9.59 Å². The van der Waals surface area contributed by atoms with E-state index < -0.39 is 0 Å². The van der Waals surface area contributed by atoms with Crippen molar-refractivity contribution in [1.29, 1.82) is 0 Å². The van der Waals surface area contributed by atoms with Gasteiger partial charge in [0.1, 0.15) is 5.82 Å². The topological polar surface area (TPSA) is 76.0 Å². The highest BCUT2D eigenvalue weighted by atomic mass is 16.2. The average Bonchev–Trinajstić information content (AvgIpc) is 3.03. The molecule has 128 valence electrons. The minimum absolute atomic E-state index is 0.0846. The van der Waals surface area contributed by atoms with Crippen molar-refractivity contribution in [3.8, 4) is 0 Å². The Morgan fingerprint density at radius 1 is 1.17 bits per heavy atom. The lowest BCUT2D eigenvalue weighted by molar-refractivity contribution is -0.120. The first kappa shape index (κ1) is 17.7. The second kappa shape index (κ2) is 8.86. The van der Waals surface area contributed by atoms with Gasteiger partial charge in [-0.05, 0) is 18.9 Å².